The summed E-state index contributed by atoms with van der Waals surface area (Å²) in [6, 6.07) is 19.2. The highest BCUT2D eigenvalue weighted by Crippen LogP contribution is 2.37. The number of ketones is 1. The summed E-state index contributed by atoms with van der Waals surface area (Å²) in [7, 11) is 0. The normalized spacial score (nSPS) is 14.7. The van der Waals surface area contributed by atoms with Gasteiger partial charge in [0.05, 0.1) is 10.8 Å². The molecule has 0 saturated carbocycles. The van der Waals surface area contributed by atoms with E-state index in [2.05, 4.69) is 20.3 Å². The molecule has 0 bridgehead atoms. The largest absolute Gasteiger partial charge is 0.355 e. The summed E-state index contributed by atoms with van der Waals surface area (Å²) < 4.78 is 0. The minimum absolute atomic E-state index is 0.0710. The molecule has 2 amide bonds. The van der Waals surface area contributed by atoms with Crippen LogP contribution in [0.1, 0.15) is 42.6 Å². The molecule has 0 atom stereocenters. The summed E-state index contributed by atoms with van der Waals surface area (Å²) in [6.45, 7) is 4.99. The van der Waals surface area contributed by atoms with E-state index in [0.717, 1.165) is 16.6 Å². The summed E-state index contributed by atoms with van der Waals surface area (Å²) in [5.74, 6) is 0.635. The lowest BCUT2D eigenvalue weighted by Gasteiger charge is -2.40. The first-order valence-corrected chi connectivity index (χ1v) is 13.1. The predicted molar refractivity (Wildman–Crippen MR) is 150 cm³/mol. The van der Waals surface area contributed by atoms with Crippen molar-refractivity contribution >= 4 is 40.1 Å². The zero-order valence-electron chi connectivity index (χ0n) is 22.2. The fourth-order valence-electron chi connectivity index (χ4n) is 5.46. The molecule has 200 valence electrons. The third-order valence-electron chi connectivity index (χ3n) is 7.61. The highest BCUT2D eigenvalue weighted by atomic mass is 16.2. The van der Waals surface area contributed by atoms with Crippen molar-refractivity contribution in [2.75, 3.05) is 31.1 Å². The number of nitrogens with one attached hydrogen (secondary N) is 2. The number of carbonyl (C=O) groups excluding carboxylic acids is 3. The van der Waals surface area contributed by atoms with Gasteiger partial charge in [0.2, 0.25) is 5.91 Å². The smallest absolute Gasteiger partial charge is 0.253 e. The SMILES string of the molecule is CC(=O)NCCN(c1cccc(C(=O)N2CCC(C(C)=O)(c3ccccc3)CC2)c1)c1ncnc2[nH]ccc12. The Balaban J connectivity index is 1.39. The van der Waals surface area contributed by atoms with Crippen LogP contribution >= 0.6 is 0 Å². The van der Waals surface area contributed by atoms with Gasteiger partial charge in [-0.25, -0.2) is 9.97 Å². The van der Waals surface area contributed by atoms with E-state index in [4.69, 9.17) is 0 Å². The highest BCUT2D eigenvalue weighted by Gasteiger charge is 2.41. The Hall–Kier alpha value is -4.53. The van der Waals surface area contributed by atoms with Crippen molar-refractivity contribution in [1.29, 1.82) is 0 Å². The van der Waals surface area contributed by atoms with Crippen LogP contribution < -0.4 is 10.2 Å². The van der Waals surface area contributed by atoms with Crippen molar-refractivity contribution in [3.63, 3.8) is 0 Å². The molecule has 39 heavy (non-hydrogen) atoms. The van der Waals surface area contributed by atoms with Crippen LogP contribution in [0, 0.1) is 0 Å². The molecule has 1 aliphatic heterocycles. The fraction of sp³-hybridized carbons (Fsp3) is 0.300. The summed E-state index contributed by atoms with van der Waals surface area (Å²) >= 11 is 0. The summed E-state index contributed by atoms with van der Waals surface area (Å²) in [6.07, 6.45) is 4.48. The third kappa shape index (κ3) is 5.25. The van der Waals surface area contributed by atoms with E-state index in [-0.39, 0.29) is 17.6 Å². The molecule has 9 heteroatoms. The van der Waals surface area contributed by atoms with Crippen molar-refractivity contribution in [2.24, 2.45) is 0 Å². The van der Waals surface area contributed by atoms with Crippen LogP contribution in [0.4, 0.5) is 11.5 Å². The summed E-state index contributed by atoms with van der Waals surface area (Å²) in [5, 5.41) is 3.68. The Labute approximate surface area is 227 Å². The van der Waals surface area contributed by atoms with E-state index < -0.39 is 5.41 Å². The number of likely N-dealkylation sites (tertiary alicyclic amines) is 1. The van der Waals surface area contributed by atoms with E-state index in [0.29, 0.717) is 56.0 Å². The molecule has 2 N–H and O–H groups in total. The Morgan fingerprint density at radius 1 is 1.00 bits per heavy atom. The number of amides is 2. The number of aromatic amines is 1. The quantitative estimate of drug-likeness (QED) is 0.361. The first-order chi connectivity index (χ1) is 18.9. The zero-order valence-corrected chi connectivity index (χ0v) is 22.2. The average Bonchev–Trinajstić information content (AvgIpc) is 3.45. The van der Waals surface area contributed by atoms with Gasteiger partial charge in [-0.05, 0) is 49.6 Å². The van der Waals surface area contributed by atoms with Crippen molar-refractivity contribution in [2.45, 2.75) is 32.1 Å². The number of fused-ring (bicyclic) bond motifs is 1. The van der Waals surface area contributed by atoms with E-state index in [1.54, 1.807) is 6.92 Å². The highest BCUT2D eigenvalue weighted by molar-refractivity contribution is 5.97. The Kier molecular flexibility index (Phi) is 7.40. The Morgan fingerprint density at radius 3 is 2.49 bits per heavy atom. The Bertz CT molecular complexity index is 1490. The molecule has 0 unspecified atom stereocenters. The second kappa shape index (κ2) is 11.1. The van der Waals surface area contributed by atoms with Crippen LogP contribution in [0.5, 0.6) is 0 Å². The minimum atomic E-state index is -0.560. The Morgan fingerprint density at radius 2 is 1.77 bits per heavy atom. The maximum Gasteiger partial charge on any atom is 0.253 e. The number of anilines is 2. The second-order valence-electron chi connectivity index (χ2n) is 9.92. The maximum atomic E-state index is 13.6. The van der Waals surface area contributed by atoms with Crippen LogP contribution in [0.15, 0.2) is 73.2 Å². The van der Waals surface area contributed by atoms with Crippen LogP contribution in [-0.2, 0) is 15.0 Å². The predicted octanol–water partition coefficient (Wildman–Crippen LogP) is 4.00. The van der Waals surface area contributed by atoms with Gasteiger partial charge < -0.3 is 20.1 Å². The van der Waals surface area contributed by atoms with Crippen molar-refractivity contribution in [3.8, 4) is 0 Å². The standard InChI is InChI=1S/C30H32N6O3/c1-21(37)30(24-8-4-3-5-9-24)12-16-35(17-13-30)29(39)23-7-6-10-25(19-23)36(18-15-31-22(2)38)28-26-11-14-32-27(26)33-20-34-28/h3-11,14,19-20H,12-13,15-18H2,1-2H3,(H,31,38)(H,32,33,34). The lowest BCUT2D eigenvalue weighted by atomic mass is 9.70. The molecule has 0 aliphatic carbocycles. The third-order valence-corrected chi connectivity index (χ3v) is 7.61. The molecular weight excluding hydrogens is 492 g/mol. The monoisotopic (exact) mass is 524 g/mol. The van der Waals surface area contributed by atoms with Crippen LogP contribution in [0.2, 0.25) is 0 Å². The number of benzene rings is 2. The molecule has 1 aliphatic rings. The molecule has 2 aromatic heterocycles. The molecule has 9 nitrogen and oxygen atoms in total. The minimum Gasteiger partial charge on any atom is -0.355 e. The van der Waals surface area contributed by atoms with Gasteiger partial charge in [0.15, 0.2) is 0 Å². The van der Waals surface area contributed by atoms with Gasteiger partial charge in [0, 0.05) is 50.6 Å². The second-order valence-corrected chi connectivity index (χ2v) is 9.92. The van der Waals surface area contributed by atoms with E-state index >= 15 is 0 Å². The van der Waals surface area contributed by atoms with Crippen molar-refractivity contribution < 1.29 is 14.4 Å². The van der Waals surface area contributed by atoms with Crippen molar-refractivity contribution in [3.05, 3.63) is 84.3 Å². The van der Waals surface area contributed by atoms with Gasteiger partial charge in [0.25, 0.3) is 5.91 Å². The topological polar surface area (TPSA) is 111 Å². The molecule has 3 heterocycles. The van der Waals surface area contributed by atoms with Gasteiger partial charge >= 0.3 is 0 Å². The number of H-pyrrole nitrogens is 1. The molecule has 1 fully saturated rings. The molecular formula is C30H32N6O3. The van der Waals surface area contributed by atoms with Gasteiger partial charge in [-0.1, -0.05) is 36.4 Å². The van der Waals surface area contributed by atoms with Gasteiger partial charge in [-0.2, -0.15) is 0 Å². The fourth-order valence-corrected chi connectivity index (χ4v) is 5.46. The molecule has 0 radical (unpaired) electrons. The first kappa shape index (κ1) is 26.1. The number of carbonyl (C=O) groups is 3. The average molecular weight is 525 g/mol. The number of hydrogen-bond acceptors (Lipinski definition) is 6. The lowest BCUT2D eigenvalue weighted by Crippen LogP contribution is -2.48. The molecule has 0 spiro atoms. The van der Waals surface area contributed by atoms with Crippen molar-refractivity contribution in [1.82, 2.24) is 25.2 Å². The summed E-state index contributed by atoms with van der Waals surface area (Å²) in [5.41, 5.74) is 2.51. The van der Waals surface area contributed by atoms with Crippen LogP contribution in [0.3, 0.4) is 0 Å². The number of aromatic nitrogens is 3. The van der Waals surface area contributed by atoms with Gasteiger partial charge in [-0.3, -0.25) is 14.4 Å². The van der Waals surface area contributed by atoms with E-state index in [1.165, 1.54) is 13.3 Å². The van der Waals surface area contributed by atoms with E-state index in [1.807, 2.05) is 76.7 Å². The number of rotatable bonds is 8. The number of hydrogen-bond donors (Lipinski definition) is 2. The molecule has 2 aromatic carbocycles. The molecule has 5 rings (SSSR count). The lowest BCUT2D eigenvalue weighted by molar-refractivity contribution is -0.124. The first-order valence-electron chi connectivity index (χ1n) is 13.1. The van der Waals surface area contributed by atoms with Gasteiger partial charge in [0.1, 0.15) is 23.6 Å². The van der Waals surface area contributed by atoms with Gasteiger partial charge in [-0.15, -0.1) is 0 Å². The zero-order chi connectivity index (χ0) is 27.4. The molecule has 1 saturated heterocycles. The van der Waals surface area contributed by atoms with Crippen LogP contribution in [-0.4, -0.2) is 63.6 Å². The number of Topliss-reactive ketones (excluding diaryl/α,β-unsaturated/α-hetero) is 1. The maximum absolute atomic E-state index is 13.6. The number of piperidine rings is 1. The number of nitrogens with zero attached hydrogens (tertiary/aromatic N) is 4. The van der Waals surface area contributed by atoms with E-state index in [9.17, 15) is 14.4 Å². The molecule has 4 aromatic rings. The summed E-state index contributed by atoms with van der Waals surface area (Å²) in [4.78, 5) is 53.7. The van der Waals surface area contributed by atoms with Crippen LogP contribution in [0.25, 0.3) is 11.0 Å².